The van der Waals surface area contributed by atoms with Gasteiger partial charge in [0, 0.05) is 11.1 Å². The van der Waals surface area contributed by atoms with Crippen LogP contribution in [-0.2, 0) is 6.54 Å². The van der Waals surface area contributed by atoms with Crippen LogP contribution in [0.2, 0.25) is 0 Å². The zero-order valence-corrected chi connectivity index (χ0v) is 11.4. The number of benzene rings is 2. The van der Waals surface area contributed by atoms with Gasteiger partial charge < -0.3 is 0 Å². The summed E-state index contributed by atoms with van der Waals surface area (Å²) in [4.78, 5) is 11.1. The molecular formula is C16H11F2N3O. The number of nitrogens with zero attached hydrogens (tertiary/aromatic N) is 3. The lowest BCUT2D eigenvalue weighted by Gasteiger charge is -2.08. The number of halogens is 2. The van der Waals surface area contributed by atoms with Crippen molar-refractivity contribution in [1.82, 2.24) is 15.0 Å². The number of aromatic nitrogens is 3. The van der Waals surface area contributed by atoms with Crippen LogP contribution in [0.1, 0.15) is 16.1 Å². The van der Waals surface area contributed by atoms with E-state index in [0.29, 0.717) is 23.1 Å². The molecule has 3 rings (SSSR count). The topological polar surface area (TPSA) is 47.8 Å². The van der Waals surface area contributed by atoms with Gasteiger partial charge in [-0.05, 0) is 18.2 Å². The normalized spacial score (nSPS) is 10.6. The molecule has 0 spiro atoms. The van der Waals surface area contributed by atoms with Crippen molar-refractivity contribution in [2.24, 2.45) is 0 Å². The number of rotatable bonds is 4. The van der Waals surface area contributed by atoms with Crippen LogP contribution < -0.4 is 0 Å². The minimum absolute atomic E-state index is 0.0851. The van der Waals surface area contributed by atoms with Crippen LogP contribution in [0.25, 0.3) is 11.3 Å². The van der Waals surface area contributed by atoms with E-state index < -0.39 is 5.82 Å². The van der Waals surface area contributed by atoms with E-state index >= 15 is 0 Å². The van der Waals surface area contributed by atoms with Crippen LogP contribution in [-0.4, -0.2) is 21.3 Å². The highest BCUT2D eigenvalue weighted by Crippen LogP contribution is 2.23. The number of carbonyl (C=O) groups is 1. The highest BCUT2D eigenvalue weighted by Gasteiger charge is 2.16. The lowest BCUT2D eigenvalue weighted by Crippen LogP contribution is -2.06. The SMILES string of the molecule is O=Cc1nnn(Cc2ccccc2F)c1-c1cccc(F)c1. The summed E-state index contributed by atoms with van der Waals surface area (Å²) < 4.78 is 28.6. The molecule has 0 unspecified atom stereocenters. The molecule has 0 aliphatic carbocycles. The molecule has 0 radical (unpaired) electrons. The Morgan fingerprint density at radius 2 is 1.91 bits per heavy atom. The molecule has 110 valence electrons. The Balaban J connectivity index is 2.08. The lowest BCUT2D eigenvalue weighted by molar-refractivity contribution is 0.111. The van der Waals surface area contributed by atoms with E-state index in [1.165, 1.54) is 28.9 Å². The molecule has 4 nitrogen and oxygen atoms in total. The zero-order valence-electron chi connectivity index (χ0n) is 11.4. The number of hydrogen-bond acceptors (Lipinski definition) is 3. The van der Waals surface area contributed by atoms with Crippen molar-refractivity contribution in [2.75, 3.05) is 0 Å². The summed E-state index contributed by atoms with van der Waals surface area (Å²) in [5, 5.41) is 7.64. The predicted molar refractivity (Wildman–Crippen MR) is 76.3 cm³/mol. The molecule has 0 fully saturated rings. The van der Waals surface area contributed by atoms with Gasteiger partial charge in [-0.15, -0.1) is 5.10 Å². The number of carbonyl (C=O) groups excluding carboxylic acids is 1. The second-order valence-electron chi connectivity index (χ2n) is 4.70. The average Bonchev–Trinajstić information content (AvgIpc) is 2.92. The Hall–Kier alpha value is -2.89. The standard InChI is InChI=1S/C16H11F2N3O/c17-13-6-3-5-11(8-13)16-15(10-22)19-20-21(16)9-12-4-1-2-7-14(12)18/h1-8,10H,9H2. The quantitative estimate of drug-likeness (QED) is 0.696. The number of aldehydes is 1. The molecule has 0 saturated heterocycles. The summed E-state index contributed by atoms with van der Waals surface area (Å²) in [6.07, 6.45) is 0.547. The Bertz CT molecular complexity index is 830. The summed E-state index contributed by atoms with van der Waals surface area (Å²) in [6.45, 7) is 0.0966. The molecule has 0 saturated carbocycles. The highest BCUT2D eigenvalue weighted by atomic mass is 19.1. The van der Waals surface area contributed by atoms with Gasteiger partial charge in [0.2, 0.25) is 0 Å². The van der Waals surface area contributed by atoms with Gasteiger partial charge in [-0.3, -0.25) is 4.79 Å². The lowest BCUT2D eigenvalue weighted by atomic mass is 10.1. The van der Waals surface area contributed by atoms with E-state index in [4.69, 9.17) is 0 Å². The fourth-order valence-corrected chi connectivity index (χ4v) is 2.24. The molecule has 6 heteroatoms. The molecule has 0 bridgehead atoms. The van der Waals surface area contributed by atoms with Crippen molar-refractivity contribution in [2.45, 2.75) is 6.54 Å². The van der Waals surface area contributed by atoms with Crippen molar-refractivity contribution in [1.29, 1.82) is 0 Å². The predicted octanol–water partition coefficient (Wildman–Crippen LogP) is 3.08. The first-order chi connectivity index (χ1) is 10.7. The summed E-state index contributed by atoms with van der Waals surface area (Å²) in [6, 6.07) is 12.0. The van der Waals surface area contributed by atoms with Gasteiger partial charge in [0.05, 0.1) is 12.2 Å². The second-order valence-corrected chi connectivity index (χ2v) is 4.70. The fourth-order valence-electron chi connectivity index (χ4n) is 2.24. The molecule has 0 aliphatic heterocycles. The third kappa shape index (κ3) is 2.63. The Morgan fingerprint density at radius 1 is 1.09 bits per heavy atom. The van der Waals surface area contributed by atoms with Crippen LogP contribution >= 0.6 is 0 Å². The summed E-state index contributed by atoms with van der Waals surface area (Å²) in [5.74, 6) is -0.816. The van der Waals surface area contributed by atoms with E-state index in [2.05, 4.69) is 10.3 Å². The molecule has 0 N–H and O–H groups in total. The smallest absolute Gasteiger partial charge is 0.172 e. The first-order valence-corrected chi connectivity index (χ1v) is 6.57. The van der Waals surface area contributed by atoms with Crippen molar-refractivity contribution >= 4 is 6.29 Å². The molecule has 0 atom stereocenters. The van der Waals surface area contributed by atoms with Gasteiger partial charge in [-0.1, -0.05) is 35.5 Å². The van der Waals surface area contributed by atoms with Crippen molar-refractivity contribution in [3.8, 4) is 11.3 Å². The Kier molecular flexibility index (Phi) is 3.74. The van der Waals surface area contributed by atoms with E-state index in [1.807, 2.05) is 0 Å². The van der Waals surface area contributed by atoms with Crippen LogP contribution in [0.3, 0.4) is 0 Å². The zero-order chi connectivity index (χ0) is 15.5. The van der Waals surface area contributed by atoms with Crippen molar-refractivity contribution < 1.29 is 13.6 Å². The largest absolute Gasteiger partial charge is 0.296 e. The fraction of sp³-hybridized carbons (Fsp3) is 0.0625. The van der Waals surface area contributed by atoms with Gasteiger partial charge in [0.15, 0.2) is 12.0 Å². The average molecular weight is 299 g/mol. The maximum atomic E-state index is 13.8. The molecule has 1 heterocycles. The molecule has 0 aliphatic rings. The summed E-state index contributed by atoms with van der Waals surface area (Å²) in [7, 11) is 0. The molecule has 2 aromatic carbocycles. The van der Waals surface area contributed by atoms with Crippen LogP contribution in [0.15, 0.2) is 48.5 Å². The van der Waals surface area contributed by atoms with Gasteiger partial charge in [-0.2, -0.15) is 0 Å². The van der Waals surface area contributed by atoms with E-state index in [1.54, 1.807) is 24.3 Å². The first kappa shape index (κ1) is 14.1. The molecule has 3 aromatic rings. The molecule has 1 aromatic heterocycles. The maximum absolute atomic E-state index is 13.8. The Labute approximate surface area is 125 Å². The first-order valence-electron chi connectivity index (χ1n) is 6.57. The van der Waals surface area contributed by atoms with Crippen LogP contribution in [0, 0.1) is 11.6 Å². The van der Waals surface area contributed by atoms with Gasteiger partial charge in [0.25, 0.3) is 0 Å². The minimum atomic E-state index is -0.437. The van der Waals surface area contributed by atoms with Crippen LogP contribution in [0.5, 0.6) is 0 Å². The van der Waals surface area contributed by atoms with Crippen LogP contribution in [0.4, 0.5) is 8.78 Å². The second kappa shape index (κ2) is 5.85. The summed E-state index contributed by atoms with van der Waals surface area (Å²) >= 11 is 0. The monoisotopic (exact) mass is 299 g/mol. The third-order valence-corrected chi connectivity index (χ3v) is 3.25. The number of hydrogen-bond donors (Lipinski definition) is 0. The van der Waals surface area contributed by atoms with E-state index in [9.17, 15) is 13.6 Å². The van der Waals surface area contributed by atoms with E-state index in [-0.39, 0.29) is 18.1 Å². The van der Waals surface area contributed by atoms with Crippen molar-refractivity contribution in [3.05, 3.63) is 71.4 Å². The van der Waals surface area contributed by atoms with Crippen molar-refractivity contribution in [3.63, 3.8) is 0 Å². The molecule has 0 amide bonds. The van der Waals surface area contributed by atoms with Gasteiger partial charge >= 0.3 is 0 Å². The maximum Gasteiger partial charge on any atom is 0.172 e. The molecular weight excluding hydrogens is 288 g/mol. The van der Waals surface area contributed by atoms with Gasteiger partial charge in [0.1, 0.15) is 11.6 Å². The minimum Gasteiger partial charge on any atom is -0.296 e. The molecule has 22 heavy (non-hydrogen) atoms. The van der Waals surface area contributed by atoms with E-state index in [0.717, 1.165) is 0 Å². The third-order valence-electron chi connectivity index (χ3n) is 3.25. The highest BCUT2D eigenvalue weighted by molar-refractivity contribution is 5.83. The van der Waals surface area contributed by atoms with Gasteiger partial charge in [-0.25, -0.2) is 13.5 Å². The summed E-state index contributed by atoms with van der Waals surface area (Å²) in [5.41, 5.74) is 1.31. The Morgan fingerprint density at radius 3 is 2.64 bits per heavy atom.